The molecule has 0 N–H and O–H groups in total. The largest absolute Gasteiger partial charge is 0.490 e. The minimum Gasteiger partial charge on any atom is -0.490 e. The number of hydrogen-bond acceptors (Lipinski definition) is 3. The maximum absolute atomic E-state index is 8.75. The van der Waals surface area contributed by atoms with Crippen molar-refractivity contribution < 1.29 is 9.47 Å². The molecule has 0 heterocycles. The van der Waals surface area contributed by atoms with E-state index < -0.39 is 0 Å². The van der Waals surface area contributed by atoms with Gasteiger partial charge >= 0.3 is 0 Å². The van der Waals surface area contributed by atoms with Crippen molar-refractivity contribution >= 4 is 0 Å². The van der Waals surface area contributed by atoms with Gasteiger partial charge in [-0.15, -0.1) is 0 Å². The highest BCUT2D eigenvalue weighted by Crippen LogP contribution is 2.30. The number of rotatable bonds is 5. The summed E-state index contributed by atoms with van der Waals surface area (Å²) >= 11 is 0. The molecule has 22 heavy (non-hydrogen) atoms. The van der Waals surface area contributed by atoms with E-state index in [0.29, 0.717) is 18.8 Å². The molecular weight excluding hydrogens is 274 g/mol. The van der Waals surface area contributed by atoms with Crippen LogP contribution in [0.2, 0.25) is 0 Å². The first kappa shape index (κ1) is 15.9. The van der Waals surface area contributed by atoms with Crippen LogP contribution in [0.25, 0.3) is 0 Å². The average molecular weight is 295 g/mol. The highest BCUT2D eigenvalue weighted by molar-refractivity contribution is 5.38. The van der Waals surface area contributed by atoms with Gasteiger partial charge < -0.3 is 9.47 Å². The van der Waals surface area contributed by atoms with Gasteiger partial charge in [0, 0.05) is 0 Å². The Morgan fingerprint density at radius 2 is 1.55 bits per heavy atom. The second-order valence-corrected chi connectivity index (χ2v) is 6.08. The smallest absolute Gasteiger partial charge is 0.123 e. The SMILES string of the molecule is CC(C)(C)c1ccccc1OCCOc1ccc(C#N)cc1. The molecule has 0 aliphatic heterocycles. The molecule has 3 heteroatoms. The predicted octanol–water partition coefficient (Wildman–Crippen LogP) is 4.31. The summed E-state index contributed by atoms with van der Waals surface area (Å²) in [6.07, 6.45) is 0. The number of ether oxygens (including phenoxy) is 2. The minimum atomic E-state index is 0.0462. The topological polar surface area (TPSA) is 42.2 Å². The summed E-state index contributed by atoms with van der Waals surface area (Å²) in [5.41, 5.74) is 1.86. The van der Waals surface area contributed by atoms with Crippen LogP contribution in [-0.2, 0) is 5.41 Å². The number of nitriles is 1. The summed E-state index contributed by atoms with van der Waals surface area (Å²) in [7, 11) is 0. The number of para-hydroxylation sites is 1. The van der Waals surface area contributed by atoms with Crippen LogP contribution in [0, 0.1) is 11.3 Å². The van der Waals surface area contributed by atoms with Crippen molar-refractivity contribution in [3.05, 3.63) is 59.7 Å². The van der Waals surface area contributed by atoms with Crippen LogP contribution in [0.3, 0.4) is 0 Å². The standard InChI is InChI=1S/C19H21NO2/c1-19(2,3)17-6-4-5-7-18(17)22-13-12-21-16-10-8-15(14-20)9-11-16/h4-11H,12-13H2,1-3H3. The lowest BCUT2D eigenvalue weighted by atomic mass is 9.86. The third kappa shape index (κ3) is 4.26. The molecule has 2 aromatic rings. The molecule has 114 valence electrons. The van der Waals surface area contributed by atoms with Crippen LogP contribution in [0.5, 0.6) is 11.5 Å². The van der Waals surface area contributed by atoms with E-state index in [1.807, 2.05) is 18.2 Å². The van der Waals surface area contributed by atoms with E-state index >= 15 is 0 Å². The molecule has 0 aliphatic rings. The summed E-state index contributed by atoms with van der Waals surface area (Å²) in [6, 6.07) is 17.2. The number of hydrogen-bond donors (Lipinski definition) is 0. The van der Waals surface area contributed by atoms with Crippen LogP contribution >= 0.6 is 0 Å². The van der Waals surface area contributed by atoms with Crippen molar-refractivity contribution in [3.63, 3.8) is 0 Å². The van der Waals surface area contributed by atoms with Gasteiger partial charge in [-0.2, -0.15) is 5.26 Å². The van der Waals surface area contributed by atoms with Gasteiger partial charge in [0.25, 0.3) is 0 Å². The quantitative estimate of drug-likeness (QED) is 0.772. The third-order valence-electron chi connectivity index (χ3n) is 3.29. The lowest BCUT2D eigenvalue weighted by Gasteiger charge is -2.22. The first-order chi connectivity index (χ1) is 10.5. The Morgan fingerprint density at radius 1 is 0.909 bits per heavy atom. The highest BCUT2D eigenvalue weighted by Gasteiger charge is 2.18. The summed E-state index contributed by atoms with van der Waals surface area (Å²) in [6.45, 7) is 7.45. The molecule has 0 unspecified atom stereocenters. The fraction of sp³-hybridized carbons (Fsp3) is 0.316. The Kier molecular flexibility index (Phi) is 5.06. The third-order valence-corrected chi connectivity index (χ3v) is 3.29. The minimum absolute atomic E-state index is 0.0462. The van der Waals surface area contributed by atoms with Crippen LogP contribution in [0.15, 0.2) is 48.5 Å². The molecule has 0 saturated heterocycles. The van der Waals surface area contributed by atoms with E-state index in [-0.39, 0.29) is 5.41 Å². The van der Waals surface area contributed by atoms with Crippen LogP contribution in [-0.4, -0.2) is 13.2 Å². The van der Waals surface area contributed by atoms with Gasteiger partial charge in [-0.25, -0.2) is 0 Å². The van der Waals surface area contributed by atoms with Crippen molar-refractivity contribution in [3.8, 4) is 17.6 Å². The molecule has 0 amide bonds. The van der Waals surface area contributed by atoms with Gasteiger partial charge in [-0.3, -0.25) is 0 Å². The molecule has 0 atom stereocenters. The van der Waals surface area contributed by atoms with E-state index in [1.54, 1.807) is 24.3 Å². The van der Waals surface area contributed by atoms with E-state index in [4.69, 9.17) is 14.7 Å². The molecule has 0 aliphatic carbocycles. The second-order valence-electron chi connectivity index (χ2n) is 6.08. The molecule has 2 rings (SSSR count). The summed E-state index contributed by atoms with van der Waals surface area (Å²) in [5, 5.41) is 8.75. The van der Waals surface area contributed by atoms with Gasteiger partial charge in [0.15, 0.2) is 0 Å². The molecule has 2 aromatic carbocycles. The van der Waals surface area contributed by atoms with Crippen molar-refractivity contribution in [2.45, 2.75) is 26.2 Å². The van der Waals surface area contributed by atoms with E-state index in [1.165, 1.54) is 5.56 Å². The van der Waals surface area contributed by atoms with E-state index in [9.17, 15) is 0 Å². The van der Waals surface area contributed by atoms with Crippen molar-refractivity contribution in [2.24, 2.45) is 0 Å². The number of benzene rings is 2. The summed E-state index contributed by atoms with van der Waals surface area (Å²) in [4.78, 5) is 0. The lowest BCUT2D eigenvalue weighted by Crippen LogP contribution is -2.15. The summed E-state index contributed by atoms with van der Waals surface area (Å²) in [5.74, 6) is 1.64. The van der Waals surface area contributed by atoms with Gasteiger partial charge in [0.05, 0.1) is 11.6 Å². The fourth-order valence-corrected chi connectivity index (χ4v) is 2.15. The Hall–Kier alpha value is -2.47. The van der Waals surface area contributed by atoms with Gasteiger partial charge in [0.1, 0.15) is 24.7 Å². The van der Waals surface area contributed by atoms with Crippen molar-refractivity contribution in [1.29, 1.82) is 5.26 Å². The molecule has 3 nitrogen and oxygen atoms in total. The molecule has 0 spiro atoms. The van der Waals surface area contributed by atoms with Gasteiger partial charge in [-0.05, 0) is 41.3 Å². The number of nitrogens with zero attached hydrogens (tertiary/aromatic N) is 1. The molecule has 0 saturated carbocycles. The first-order valence-electron chi connectivity index (χ1n) is 7.36. The predicted molar refractivity (Wildman–Crippen MR) is 87.3 cm³/mol. The first-order valence-corrected chi connectivity index (χ1v) is 7.36. The van der Waals surface area contributed by atoms with Gasteiger partial charge in [-0.1, -0.05) is 39.0 Å². The van der Waals surface area contributed by atoms with Gasteiger partial charge in [0.2, 0.25) is 0 Å². The molecule has 0 aromatic heterocycles. The lowest BCUT2D eigenvalue weighted by molar-refractivity contribution is 0.214. The molecule has 0 bridgehead atoms. The normalized spacial score (nSPS) is 10.8. The average Bonchev–Trinajstić information content (AvgIpc) is 2.51. The van der Waals surface area contributed by atoms with E-state index in [0.717, 1.165) is 11.5 Å². The summed E-state index contributed by atoms with van der Waals surface area (Å²) < 4.78 is 11.5. The second kappa shape index (κ2) is 7.00. The Balaban J connectivity index is 1.88. The Morgan fingerprint density at radius 3 is 2.18 bits per heavy atom. The van der Waals surface area contributed by atoms with Crippen LogP contribution in [0.4, 0.5) is 0 Å². The molecular formula is C19H21NO2. The fourth-order valence-electron chi connectivity index (χ4n) is 2.15. The maximum Gasteiger partial charge on any atom is 0.123 e. The molecule has 0 radical (unpaired) electrons. The van der Waals surface area contributed by atoms with Crippen LogP contribution in [0.1, 0.15) is 31.9 Å². The highest BCUT2D eigenvalue weighted by atomic mass is 16.5. The van der Waals surface area contributed by atoms with E-state index in [2.05, 4.69) is 32.9 Å². The zero-order valence-corrected chi connectivity index (χ0v) is 13.3. The Labute approximate surface area is 132 Å². The van der Waals surface area contributed by atoms with Crippen molar-refractivity contribution in [1.82, 2.24) is 0 Å². The molecule has 0 fully saturated rings. The van der Waals surface area contributed by atoms with Crippen molar-refractivity contribution in [2.75, 3.05) is 13.2 Å². The Bertz CT molecular complexity index is 648. The zero-order valence-electron chi connectivity index (χ0n) is 13.3. The monoisotopic (exact) mass is 295 g/mol. The zero-order chi connectivity index (χ0) is 16.0. The van der Waals surface area contributed by atoms with Crippen LogP contribution < -0.4 is 9.47 Å². The maximum atomic E-state index is 8.75.